The number of rotatable bonds is 2. The molecule has 0 saturated carbocycles. The monoisotopic (exact) mass is 152 g/mol. The Morgan fingerprint density at radius 3 is 2.82 bits per heavy atom. The van der Waals surface area contributed by atoms with E-state index >= 15 is 0 Å². The summed E-state index contributed by atoms with van der Waals surface area (Å²) in [5.74, 6) is 5.55. The number of hydrogen-bond donors (Lipinski definition) is 1. The van der Waals surface area contributed by atoms with Gasteiger partial charge in [0.1, 0.15) is 5.71 Å². The van der Waals surface area contributed by atoms with Gasteiger partial charge in [-0.25, -0.2) is 0 Å². The number of oxime groups is 1. The minimum Gasteiger partial charge on any atom is -0.389 e. The predicted molar refractivity (Wildman–Crippen MR) is 44.3 cm³/mol. The minimum atomic E-state index is 0.253. The average Bonchev–Trinajstić information content (AvgIpc) is 1.85. The Hall–Kier alpha value is -1.01. The summed E-state index contributed by atoms with van der Waals surface area (Å²) in [6.45, 7) is 5.42. The normalized spacial score (nSPS) is 18.2. The fourth-order valence-electron chi connectivity index (χ4n) is 0.694. The first kappa shape index (κ1) is 8.09. The van der Waals surface area contributed by atoms with Crippen molar-refractivity contribution in [3.8, 4) is 11.8 Å². The fourth-order valence-corrected chi connectivity index (χ4v) is 0.694. The van der Waals surface area contributed by atoms with Crippen molar-refractivity contribution in [1.29, 1.82) is 0 Å². The lowest BCUT2D eigenvalue weighted by Gasteiger charge is -2.24. The molecule has 0 aliphatic carbocycles. The van der Waals surface area contributed by atoms with Gasteiger partial charge in [-0.05, 0) is 19.8 Å². The predicted octanol–water partition coefficient (Wildman–Crippen LogP) is 0.374. The molecule has 1 rings (SSSR count). The lowest BCUT2D eigenvalue weighted by atomic mass is 10.2. The van der Waals surface area contributed by atoms with E-state index in [4.69, 9.17) is 4.84 Å². The molecule has 0 aromatic heterocycles. The molecule has 1 fully saturated rings. The van der Waals surface area contributed by atoms with Gasteiger partial charge in [0.05, 0.1) is 0 Å². The van der Waals surface area contributed by atoms with Crippen molar-refractivity contribution in [2.24, 2.45) is 5.16 Å². The lowest BCUT2D eigenvalue weighted by molar-refractivity contribution is 0.0233. The van der Waals surface area contributed by atoms with Crippen molar-refractivity contribution in [2.45, 2.75) is 20.0 Å². The number of nitrogens with zero attached hydrogens (tertiary/aromatic N) is 1. The molecular formula is C8H12N2O. The second kappa shape index (κ2) is 3.99. The highest BCUT2D eigenvalue weighted by molar-refractivity contribution is 5.97. The first-order chi connectivity index (χ1) is 5.33. The molecule has 0 unspecified atom stereocenters. The van der Waals surface area contributed by atoms with E-state index in [9.17, 15) is 0 Å². The summed E-state index contributed by atoms with van der Waals surface area (Å²) in [5.41, 5.74) is 0.736. The van der Waals surface area contributed by atoms with E-state index in [-0.39, 0.29) is 6.10 Å². The Bertz CT molecular complexity index is 208. The summed E-state index contributed by atoms with van der Waals surface area (Å²) in [6, 6.07) is 0. The number of hydrogen-bond acceptors (Lipinski definition) is 3. The van der Waals surface area contributed by atoms with E-state index < -0.39 is 0 Å². The molecule has 11 heavy (non-hydrogen) atoms. The highest BCUT2D eigenvalue weighted by Crippen LogP contribution is 1.97. The molecule has 60 valence electrons. The smallest absolute Gasteiger partial charge is 0.152 e. The van der Waals surface area contributed by atoms with E-state index in [0.717, 1.165) is 18.8 Å². The van der Waals surface area contributed by atoms with Crippen LogP contribution in [0, 0.1) is 11.8 Å². The maximum absolute atomic E-state index is 5.12. The molecule has 0 amide bonds. The largest absolute Gasteiger partial charge is 0.389 e. The van der Waals surface area contributed by atoms with E-state index in [1.807, 2.05) is 6.92 Å². The van der Waals surface area contributed by atoms with Crippen molar-refractivity contribution < 1.29 is 4.84 Å². The molecule has 3 heteroatoms. The quantitative estimate of drug-likeness (QED) is 0.352. The Kier molecular flexibility index (Phi) is 2.94. The summed E-state index contributed by atoms with van der Waals surface area (Å²) in [5, 5.41) is 6.93. The molecule has 1 N–H and O–H groups in total. The SMILES string of the molecule is CC#C/C(C)=N\OC1CNC1. The Labute approximate surface area is 66.8 Å². The molecule has 1 saturated heterocycles. The van der Waals surface area contributed by atoms with E-state index in [0.29, 0.717) is 0 Å². The molecule has 0 aromatic rings. The highest BCUT2D eigenvalue weighted by atomic mass is 16.6. The average molecular weight is 152 g/mol. The molecule has 1 aliphatic rings. The van der Waals surface area contributed by atoms with Crippen LogP contribution >= 0.6 is 0 Å². The first-order valence-electron chi connectivity index (χ1n) is 3.67. The first-order valence-corrected chi connectivity index (χ1v) is 3.67. The Balaban J connectivity index is 2.25. The minimum absolute atomic E-state index is 0.253. The van der Waals surface area contributed by atoms with Gasteiger partial charge in [-0.1, -0.05) is 11.1 Å². The molecule has 1 aliphatic heterocycles. The summed E-state index contributed by atoms with van der Waals surface area (Å²) in [7, 11) is 0. The molecule has 0 radical (unpaired) electrons. The van der Waals surface area contributed by atoms with Crippen LogP contribution in [0.2, 0.25) is 0 Å². The van der Waals surface area contributed by atoms with Gasteiger partial charge in [0.2, 0.25) is 0 Å². The van der Waals surface area contributed by atoms with E-state index in [1.165, 1.54) is 0 Å². The second-order valence-corrected chi connectivity index (χ2v) is 2.44. The van der Waals surface area contributed by atoms with Gasteiger partial charge in [0.15, 0.2) is 6.10 Å². The van der Waals surface area contributed by atoms with Crippen LogP contribution in [0.5, 0.6) is 0 Å². The van der Waals surface area contributed by atoms with Crippen LogP contribution in [-0.2, 0) is 4.84 Å². The summed E-state index contributed by atoms with van der Waals surface area (Å²) in [6.07, 6.45) is 0.253. The van der Waals surface area contributed by atoms with Gasteiger partial charge >= 0.3 is 0 Å². The fraction of sp³-hybridized carbons (Fsp3) is 0.625. The van der Waals surface area contributed by atoms with Crippen molar-refractivity contribution >= 4 is 5.71 Å². The number of nitrogens with one attached hydrogen (secondary N) is 1. The van der Waals surface area contributed by atoms with Crippen molar-refractivity contribution in [1.82, 2.24) is 5.32 Å². The van der Waals surface area contributed by atoms with Crippen molar-refractivity contribution in [3.05, 3.63) is 0 Å². The van der Waals surface area contributed by atoms with Crippen LogP contribution < -0.4 is 5.32 Å². The van der Waals surface area contributed by atoms with Crippen LogP contribution in [-0.4, -0.2) is 24.9 Å². The molecule has 3 nitrogen and oxygen atoms in total. The van der Waals surface area contributed by atoms with E-state index in [1.54, 1.807) is 6.92 Å². The summed E-state index contributed by atoms with van der Waals surface area (Å²) in [4.78, 5) is 5.12. The highest BCUT2D eigenvalue weighted by Gasteiger charge is 2.17. The molecule has 0 spiro atoms. The van der Waals surface area contributed by atoms with Gasteiger partial charge in [-0.2, -0.15) is 0 Å². The zero-order valence-electron chi connectivity index (χ0n) is 6.85. The third-order valence-electron chi connectivity index (χ3n) is 1.39. The van der Waals surface area contributed by atoms with Crippen LogP contribution in [0.4, 0.5) is 0 Å². The second-order valence-electron chi connectivity index (χ2n) is 2.44. The van der Waals surface area contributed by atoms with Crippen LogP contribution in [0.3, 0.4) is 0 Å². The third kappa shape index (κ3) is 2.60. The van der Waals surface area contributed by atoms with Crippen LogP contribution in [0.1, 0.15) is 13.8 Å². The van der Waals surface area contributed by atoms with Crippen molar-refractivity contribution in [2.75, 3.05) is 13.1 Å². The molecular weight excluding hydrogens is 140 g/mol. The molecule has 1 heterocycles. The maximum Gasteiger partial charge on any atom is 0.152 e. The van der Waals surface area contributed by atoms with Gasteiger partial charge < -0.3 is 10.2 Å². The maximum atomic E-state index is 5.12. The van der Waals surface area contributed by atoms with Crippen molar-refractivity contribution in [3.63, 3.8) is 0 Å². The third-order valence-corrected chi connectivity index (χ3v) is 1.39. The molecule has 0 atom stereocenters. The standard InChI is InChI=1S/C8H12N2O/c1-3-4-7(2)10-11-8-5-9-6-8/h8-9H,5-6H2,1-2H3/b10-7-. The molecule has 0 aromatic carbocycles. The van der Waals surface area contributed by atoms with Gasteiger partial charge in [-0.15, -0.1) is 0 Å². The lowest BCUT2D eigenvalue weighted by Crippen LogP contribution is -2.47. The van der Waals surface area contributed by atoms with Gasteiger partial charge in [-0.3, -0.25) is 0 Å². The Morgan fingerprint density at radius 2 is 2.36 bits per heavy atom. The van der Waals surface area contributed by atoms with Crippen LogP contribution in [0.25, 0.3) is 0 Å². The zero-order valence-corrected chi connectivity index (χ0v) is 6.85. The summed E-state index contributed by atoms with van der Waals surface area (Å²) >= 11 is 0. The van der Waals surface area contributed by atoms with Gasteiger partial charge in [0, 0.05) is 13.1 Å². The zero-order chi connectivity index (χ0) is 8.10. The van der Waals surface area contributed by atoms with Crippen LogP contribution in [0.15, 0.2) is 5.16 Å². The van der Waals surface area contributed by atoms with E-state index in [2.05, 4.69) is 22.3 Å². The van der Waals surface area contributed by atoms with Gasteiger partial charge in [0.25, 0.3) is 0 Å². The molecule has 0 bridgehead atoms. The Morgan fingerprint density at radius 1 is 1.64 bits per heavy atom. The summed E-state index contributed by atoms with van der Waals surface area (Å²) < 4.78 is 0. The topological polar surface area (TPSA) is 33.6 Å².